The predicted molar refractivity (Wildman–Crippen MR) is 33.7 cm³/mol. The Morgan fingerprint density at radius 3 is 2.33 bits per heavy atom. The Bertz CT molecular complexity index is 278. The summed E-state index contributed by atoms with van der Waals surface area (Å²) >= 11 is 5.23. The molecular formula is C5H2ClF3N2O. The second-order valence-electron chi connectivity index (χ2n) is 1.70. The number of ether oxygens (including phenoxy) is 1. The van der Waals surface area contributed by atoms with E-state index in [9.17, 15) is 13.2 Å². The number of aromatic nitrogens is 2. The lowest BCUT2D eigenvalue weighted by atomic mass is 10.7. The lowest BCUT2D eigenvalue weighted by Gasteiger charge is -2.07. The van der Waals surface area contributed by atoms with Crippen molar-refractivity contribution in [2.75, 3.05) is 0 Å². The fraction of sp³-hybridized carbons (Fsp3) is 0.200. The summed E-state index contributed by atoms with van der Waals surface area (Å²) in [5.74, 6) is -0.744. The summed E-state index contributed by atoms with van der Waals surface area (Å²) in [6.45, 7) is 0. The highest BCUT2D eigenvalue weighted by Crippen LogP contribution is 2.25. The van der Waals surface area contributed by atoms with Gasteiger partial charge in [0.1, 0.15) is 0 Å². The number of rotatable bonds is 1. The Balaban J connectivity index is 2.83. The molecule has 0 saturated carbocycles. The van der Waals surface area contributed by atoms with Crippen LogP contribution >= 0.6 is 11.6 Å². The van der Waals surface area contributed by atoms with Crippen LogP contribution in [-0.4, -0.2) is 16.3 Å². The Morgan fingerprint density at radius 2 is 1.83 bits per heavy atom. The topological polar surface area (TPSA) is 35.0 Å². The van der Waals surface area contributed by atoms with Crippen LogP contribution in [0, 0.1) is 0 Å². The number of nitrogens with zero attached hydrogens (tertiary/aromatic N) is 2. The second kappa shape index (κ2) is 3.14. The van der Waals surface area contributed by atoms with Crippen molar-refractivity contribution in [1.29, 1.82) is 0 Å². The van der Waals surface area contributed by atoms with Crippen molar-refractivity contribution in [1.82, 2.24) is 9.97 Å². The first-order chi connectivity index (χ1) is 5.49. The minimum atomic E-state index is -4.79. The summed E-state index contributed by atoms with van der Waals surface area (Å²) in [6, 6.07) is 0. The molecule has 0 aliphatic carbocycles. The van der Waals surface area contributed by atoms with E-state index in [0.717, 1.165) is 12.4 Å². The third-order valence-corrected chi connectivity index (χ3v) is 1.09. The van der Waals surface area contributed by atoms with E-state index in [1.54, 1.807) is 0 Å². The van der Waals surface area contributed by atoms with Gasteiger partial charge in [-0.15, -0.1) is 13.2 Å². The average Bonchev–Trinajstić information content (AvgIpc) is 1.91. The van der Waals surface area contributed by atoms with E-state index in [1.807, 2.05) is 0 Å². The molecule has 0 unspecified atom stereocenters. The Hall–Kier alpha value is -1.04. The van der Waals surface area contributed by atoms with Gasteiger partial charge in [-0.1, -0.05) is 11.6 Å². The van der Waals surface area contributed by atoms with E-state index in [1.165, 1.54) is 0 Å². The molecule has 3 nitrogen and oxygen atoms in total. The van der Waals surface area contributed by atoms with Gasteiger partial charge in [0.05, 0.1) is 0 Å². The molecule has 0 atom stereocenters. The SMILES string of the molecule is FC(F)(F)Oc1nccnc1Cl. The third kappa shape index (κ3) is 2.54. The number of alkyl halides is 3. The molecule has 12 heavy (non-hydrogen) atoms. The van der Waals surface area contributed by atoms with Crippen molar-refractivity contribution in [3.05, 3.63) is 17.5 Å². The number of halogens is 4. The van der Waals surface area contributed by atoms with Crippen molar-refractivity contribution in [2.24, 2.45) is 0 Å². The zero-order valence-electron chi connectivity index (χ0n) is 5.47. The molecule has 0 amide bonds. The van der Waals surface area contributed by atoms with Gasteiger partial charge in [0, 0.05) is 12.4 Å². The highest BCUT2D eigenvalue weighted by Gasteiger charge is 2.32. The molecule has 1 heterocycles. The molecular weight excluding hydrogens is 197 g/mol. The Labute approximate surface area is 70.1 Å². The summed E-state index contributed by atoms with van der Waals surface area (Å²) in [7, 11) is 0. The fourth-order valence-corrected chi connectivity index (χ4v) is 0.630. The van der Waals surface area contributed by atoms with Crippen LogP contribution in [0.1, 0.15) is 0 Å². The van der Waals surface area contributed by atoms with E-state index in [2.05, 4.69) is 14.7 Å². The van der Waals surface area contributed by atoms with Crippen LogP contribution in [0.25, 0.3) is 0 Å². The monoisotopic (exact) mass is 198 g/mol. The van der Waals surface area contributed by atoms with E-state index in [0.29, 0.717) is 0 Å². The molecule has 1 aromatic heterocycles. The molecule has 0 aromatic carbocycles. The van der Waals surface area contributed by atoms with Crippen LogP contribution in [0.4, 0.5) is 13.2 Å². The summed E-state index contributed by atoms with van der Waals surface area (Å²) in [5, 5.41) is -0.421. The van der Waals surface area contributed by atoms with Gasteiger partial charge in [-0.2, -0.15) is 0 Å². The van der Waals surface area contributed by atoms with Gasteiger partial charge in [-0.05, 0) is 0 Å². The lowest BCUT2D eigenvalue weighted by molar-refractivity contribution is -0.276. The molecule has 0 aliphatic heterocycles. The Morgan fingerprint density at radius 1 is 1.25 bits per heavy atom. The minimum absolute atomic E-state index is 0.421. The minimum Gasteiger partial charge on any atom is -0.384 e. The van der Waals surface area contributed by atoms with Crippen molar-refractivity contribution < 1.29 is 17.9 Å². The number of hydrogen-bond acceptors (Lipinski definition) is 3. The van der Waals surface area contributed by atoms with Gasteiger partial charge >= 0.3 is 6.36 Å². The van der Waals surface area contributed by atoms with Gasteiger partial charge in [-0.3, -0.25) is 0 Å². The Kier molecular flexibility index (Phi) is 2.37. The lowest BCUT2D eigenvalue weighted by Crippen LogP contribution is -2.18. The van der Waals surface area contributed by atoms with Gasteiger partial charge in [0.2, 0.25) is 0 Å². The first-order valence-corrected chi connectivity index (χ1v) is 3.09. The molecule has 0 fully saturated rings. The van der Waals surface area contributed by atoms with Crippen LogP contribution in [0.5, 0.6) is 5.88 Å². The summed E-state index contributed by atoms with van der Waals surface area (Å²) in [5.41, 5.74) is 0. The highest BCUT2D eigenvalue weighted by atomic mass is 35.5. The molecule has 0 bridgehead atoms. The largest absolute Gasteiger partial charge is 0.574 e. The smallest absolute Gasteiger partial charge is 0.384 e. The van der Waals surface area contributed by atoms with E-state index >= 15 is 0 Å². The summed E-state index contributed by atoms with van der Waals surface area (Å²) in [6.07, 6.45) is -2.59. The molecule has 1 aromatic rings. The molecule has 1 rings (SSSR count). The van der Waals surface area contributed by atoms with Crippen LogP contribution in [0.3, 0.4) is 0 Å². The van der Waals surface area contributed by atoms with E-state index in [4.69, 9.17) is 11.6 Å². The van der Waals surface area contributed by atoms with Crippen molar-refractivity contribution in [3.8, 4) is 5.88 Å². The normalized spacial score (nSPS) is 11.3. The van der Waals surface area contributed by atoms with Gasteiger partial charge in [0.15, 0.2) is 5.15 Å². The van der Waals surface area contributed by atoms with Crippen LogP contribution in [-0.2, 0) is 0 Å². The molecule has 7 heteroatoms. The van der Waals surface area contributed by atoms with Gasteiger partial charge in [-0.25, -0.2) is 9.97 Å². The molecule has 0 aliphatic rings. The van der Waals surface area contributed by atoms with Gasteiger partial charge in [0.25, 0.3) is 5.88 Å². The van der Waals surface area contributed by atoms with Crippen molar-refractivity contribution in [3.63, 3.8) is 0 Å². The molecule has 0 spiro atoms. The van der Waals surface area contributed by atoms with Crippen LogP contribution < -0.4 is 4.74 Å². The zero-order chi connectivity index (χ0) is 9.19. The van der Waals surface area contributed by atoms with Gasteiger partial charge < -0.3 is 4.74 Å². The predicted octanol–water partition coefficient (Wildman–Crippen LogP) is 2.03. The van der Waals surface area contributed by atoms with E-state index in [-0.39, 0.29) is 0 Å². The maximum atomic E-state index is 11.6. The first kappa shape index (κ1) is 9.05. The number of hydrogen-bond donors (Lipinski definition) is 0. The quantitative estimate of drug-likeness (QED) is 0.693. The van der Waals surface area contributed by atoms with E-state index < -0.39 is 17.4 Å². The average molecular weight is 199 g/mol. The standard InChI is InChI=1S/C5H2ClF3N2O/c6-3-4(11-2-1-10-3)12-5(7,8)9/h1-2H. The van der Waals surface area contributed by atoms with Crippen LogP contribution in [0.2, 0.25) is 5.15 Å². The van der Waals surface area contributed by atoms with Crippen molar-refractivity contribution >= 4 is 11.6 Å². The highest BCUT2D eigenvalue weighted by molar-refractivity contribution is 6.30. The zero-order valence-corrected chi connectivity index (χ0v) is 6.23. The fourth-order valence-electron chi connectivity index (χ4n) is 0.486. The second-order valence-corrected chi connectivity index (χ2v) is 2.06. The third-order valence-electron chi connectivity index (χ3n) is 0.835. The summed E-state index contributed by atoms with van der Waals surface area (Å²) in [4.78, 5) is 6.57. The maximum absolute atomic E-state index is 11.6. The first-order valence-electron chi connectivity index (χ1n) is 2.71. The van der Waals surface area contributed by atoms with Crippen molar-refractivity contribution in [2.45, 2.75) is 6.36 Å². The summed E-state index contributed by atoms with van der Waals surface area (Å²) < 4.78 is 38.1. The molecule has 0 saturated heterocycles. The van der Waals surface area contributed by atoms with Crippen LogP contribution in [0.15, 0.2) is 12.4 Å². The molecule has 66 valence electrons. The maximum Gasteiger partial charge on any atom is 0.574 e. The molecule has 0 radical (unpaired) electrons. The molecule has 0 N–H and O–H groups in total.